The predicted molar refractivity (Wildman–Crippen MR) is 87.4 cm³/mol. The van der Waals surface area contributed by atoms with Crippen molar-refractivity contribution in [2.75, 3.05) is 19.6 Å². The molecule has 6 heteroatoms. The summed E-state index contributed by atoms with van der Waals surface area (Å²) in [4.78, 5) is 27.7. The molecule has 0 bridgehead atoms. The second kappa shape index (κ2) is 6.30. The minimum atomic E-state index is -0.949. The molecule has 1 N–H and O–H groups in total. The number of carbonyl (C=O) groups excluding carboxylic acids is 1. The van der Waals surface area contributed by atoms with Gasteiger partial charge in [-0.05, 0) is 52.0 Å². The van der Waals surface area contributed by atoms with Gasteiger partial charge in [0.2, 0.25) is 0 Å². The highest BCUT2D eigenvalue weighted by atomic mass is 16.6. The normalized spacial score (nSPS) is 28.7. The summed E-state index contributed by atoms with van der Waals surface area (Å²) in [5, 5.41) is 9.48. The molecule has 0 aromatic rings. The van der Waals surface area contributed by atoms with Crippen molar-refractivity contribution in [2.24, 2.45) is 5.41 Å². The smallest absolute Gasteiger partial charge is 0.411 e. The Morgan fingerprint density at radius 1 is 1.26 bits per heavy atom. The second-order valence-corrected chi connectivity index (χ2v) is 8.61. The highest BCUT2D eigenvalue weighted by molar-refractivity contribution is 5.81. The van der Waals surface area contributed by atoms with E-state index >= 15 is 0 Å². The zero-order chi connectivity index (χ0) is 17.4. The van der Waals surface area contributed by atoms with Gasteiger partial charge in [-0.15, -0.1) is 0 Å². The number of nitrogens with zero attached hydrogens (tertiary/aromatic N) is 2. The Balaban J connectivity index is 2.08. The van der Waals surface area contributed by atoms with Crippen LogP contribution in [-0.4, -0.2) is 64.3 Å². The van der Waals surface area contributed by atoms with Crippen molar-refractivity contribution in [3.63, 3.8) is 0 Å². The number of likely N-dealkylation sites (tertiary alicyclic amines) is 2. The molecular weight excluding hydrogens is 296 g/mol. The van der Waals surface area contributed by atoms with E-state index < -0.39 is 23.7 Å². The van der Waals surface area contributed by atoms with E-state index in [1.54, 1.807) is 20.8 Å². The fraction of sp³-hybridized carbons (Fsp3) is 0.882. The third-order valence-electron chi connectivity index (χ3n) is 4.64. The van der Waals surface area contributed by atoms with Gasteiger partial charge in [0.05, 0.1) is 0 Å². The van der Waals surface area contributed by atoms with Gasteiger partial charge in [-0.2, -0.15) is 0 Å². The van der Waals surface area contributed by atoms with Crippen LogP contribution in [0.5, 0.6) is 0 Å². The maximum Gasteiger partial charge on any atom is 0.411 e. The van der Waals surface area contributed by atoms with Crippen LogP contribution < -0.4 is 0 Å². The number of carbonyl (C=O) groups is 2. The Kier molecular flexibility index (Phi) is 4.95. The first-order chi connectivity index (χ1) is 10.5. The van der Waals surface area contributed by atoms with Gasteiger partial charge in [-0.25, -0.2) is 9.59 Å². The number of ether oxygens (including phenoxy) is 1. The molecule has 0 unspecified atom stereocenters. The van der Waals surface area contributed by atoms with E-state index in [4.69, 9.17) is 4.74 Å². The quantitative estimate of drug-likeness (QED) is 0.844. The molecule has 2 aliphatic heterocycles. The molecule has 2 saturated heterocycles. The van der Waals surface area contributed by atoms with Crippen LogP contribution in [0.15, 0.2) is 0 Å². The van der Waals surface area contributed by atoms with Crippen molar-refractivity contribution in [3.05, 3.63) is 0 Å². The van der Waals surface area contributed by atoms with Crippen LogP contribution in [-0.2, 0) is 9.53 Å². The van der Waals surface area contributed by atoms with Gasteiger partial charge in [0.15, 0.2) is 0 Å². The zero-order valence-electron chi connectivity index (χ0n) is 15.0. The summed E-state index contributed by atoms with van der Waals surface area (Å²) in [6.07, 6.45) is 2.26. The minimum Gasteiger partial charge on any atom is -0.480 e. The maximum atomic E-state index is 12.4. The van der Waals surface area contributed by atoms with Crippen LogP contribution in [0.25, 0.3) is 0 Å². The fourth-order valence-electron chi connectivity index (χ4n) is 3.62. The van der Waals surface area contributed by atoms with Crippen molar-refractivity contribution in [1.82, 2.24) is 9.80 Å². The number of aliphatic carboxylic acids is 1. The van der Waals surface area contributed by atoms with Crippen LogP contribution in [0, 0.1) is 5.41 Å². The van der Waals surface area contributed by atoms with Gasteiger partial charge < -0.3 is 9.84 Å². The molecule has 132 valence electrons. The first-order valence-electron chi connectivity index (χ1n) is 8.45. The molecule has 2 rings (SSSR count). The molecule has 2 heterocycles. The Hall–Kier alpha value is -1.30. The largest absolute Gasteiger partial charge is 0.480 e. The lowest BCUT2D eigenvalue weighted by atomic mass is 9.83. The lowest BCUT2D eigenvalue weighted by Crippen LogP contribution is -2.47. The number of piperidine rings is 1. The number of hydrogen-bond acceptors (Lipinski definition) is 4. The van der Waals surface area contributed by atoms with Crippen molar-refractivity contribution in [1.29, 1.82) is 0 Å². The van der Waals surface area contributed by atoms with E-state index in [1.807, 2.05) is 0 Å². The topological polar surface area (TPSA) is 70.1 Å². The second-order valence-electron chi connectivity index (χ2n) is 8.61. The predicted octanol–water partition coefficient (Wildman–Crippen LogP) is 2.57. The van der Waals surface area contributed by atoms with Crippen LogP contribution in [0.1, 0.15) is 53.9 Å². The summed E-state index contributed by atoms with van der Waals surface area (Å²) >= 11 is 0. The van der Waals surface area contributed by atoms with Gasteiger partial charge in [0.1, 0.15) is 11.6 Å². The van der Waals surface area contributed by atoms with E-state index in [1.165, 1.54) is 11.3 Å². The number of rotatable bonds is 2. The molecule has 0 saturated carbocycles. The molecule has 2 atom stereocenters. The first kappa shape index (κ1) is 18.0. The molecule has 6 nitrogen and oxygen atoms in total. The summed E-state index contributed by atoms with van der Waals surface area (Å²) in [7, 11) is 0. The first-order valence-corrected chi connectivity index (χ1v) is 8.45. The lowest BCUT2D eigenvalue weighted by molar-refractivity contribution is -0.142. The highest BCUT2D eigenvalue weighted by Crippen LogP contribution is 2.33. The van der Waals surface area contributed by atoms with Crippen LogP contribution in [0.3, 0.4) is 0 Å². The summed E-state index contributed by atoms with van der Waals surface area (Å²) < 4.78 is 5.38. The molecule has 2 fully saturated rings. The molecule has 0 aliphatic carbocycles. The van der Waals surface area contributed by atoms with Crippen LogP contribution in [0.4, 0.5) is 4.79 Å². The van der Waals surface area contributed by atoms with Gasteiger partial charge in [0.25, 0.3) is 0 Å². The third kappa shape index (κ3) is 4.59. The van der Waals surface area contributed by atoms with Crippen LogP contribution >= 0.6 is 0 Å². The summed E-state index contributed by atoms with van der Waals surface area (Å²) in [5.74, 6) is -0.949. The Bertz CT molecular complexity index is 470. The lowest BCUT2D eigenvalue weighted by Gasteiger charge is -2.41. The maximum absolute atomic E-state index is 12.4. The Labute approximate surface area is 138 Å². The van der Waals surface area contributed by atoms with Crippen LogP contribution in [0.2, 0.25) is 0 Å². The minimum absolute atomic E-state index is 0.100. The average Bonchev–Trinajstić information content (AvgIpc) is 2.80. The molecular formula is C17H30N2O4. The van der Waals surface area contributed by atoms with E-state index in [0.717, 1.165) is 19.5 Å². The van der Waals surface area contributed by atoms with Crippen molar-refractivity contribution in [2.45, 2.75) is 71.6 Å². The van der Waals surface area contributed by atoms with E-state index in [0.29, 0.717) is 13.0 Å². The van der Waals surface area contributed by atoms with Crippen molar-refractivity contribution >= 4 is 12.1 Å². The molecule has 1 amide bonds. The SMILES string of the molecule is CC1(C)CCCN([C@@H]2C[C@@H](C(=O)O)N(C(=O)OC(C)(C)C)C2)C1. The molecule has 0 aromatic carbocycles. The fourth-order valence-corrected chi connectivity index (χ4v) is 3.62. The number of carboxylic acids is 1. The van der Waals surface area contributed by atoms with Crippen molar-refractivity contribution in [3.8, 4) is 0 Å². The molecule has 23 heavy (non-hydrogen) atoms. The highest BCUT2D eigenvalue weighted by Gasteiger charge is 2.44. The summed E-state index contributed by atoms with van der Waals surface area (Å²) in [6.45, 7) is 12.2. The number of hydrogen-bond donors (Lipinski definition) is 1. The summed E-state index contributed by atoms with van der Waals surface area (Å²) in [5.41, 5.74) is -0.373. The van der Waals surface area contributed by atoms with Gasteiger partial charge in [-0.1, -0.05) is 13.8 Å². The number of carboxylic acid groups (broad SMARTS) is 1. The molecule has 0 radical (unpaired) electrons. The van der Waals surface area contributed by atoms with E-state index in [-0.39, 0.29) is 11.5 Å². The average molecular weight is 326 g/mol. The number of amides is 1. The van der Waals surface area contributed by atoms with Gasteiger partial charge >= 0.3 is 12.1 Å². The Morgan fingerprint density at radius 3 is 2.43 bits per heavy atom. The molecule has 0 aromatic heterocycles. The Morgan fingerprint density at radius 2 is 1.91 bits per heavy atom. The van der Waals surface area contributed by atoms with Gasteiger partial charge in [-0.3, -0.25) is 9.80 Å². The summed E-state index contributed by atoms with van der Waals surface area (Å²) in [6, 6.07) is -0.692. The third-order valence-corrected chi connectivity index (χ3v) is 4.64. The zero-order valence-corrected chi connectivity index (χ0v) is 15.0. The van der Waals surface area contributed by atoms with E-state index in [2.05, 4.69) is 18.7 Å². The van der Waals surface area contributed by atoms with Gasteiger partial charge in [0, 0.05) is 19.1 Å². The molecule has 2 aliphatic rings. The standard InChI is InChI=1S/C17H30N2O4/c1-16(2,3)23-15(22)19-10-12(9-13(19)14(20)21)18-8-6-7-17(4,5)11-18/h12-13H,6-11H2,1-5H3,(H,20,21)/t12-,13+/m1/s1. The molecule has 0 spiro atoms. The van der Waals surface area contributed by atoms with Crippen molar-refractivity contribution < 1.29 is 19.4 Å². The van der Waals surface area contributed by atoms with E-state index in [9.17, 15) is 14.7 Å². The monoisotopic (exact) mass is 326 g/mol.